The van der Waals surface area contributed by atoms with Gasteiger partial charge in [0.1, 0.15) is 5.82 Å². The third-order valence-corrected chi connectivity index (χ3v) is 2.76. The number of hydrogen-bond acceptors (Lipinski definition) is 4. The van der Waals surface area contributed by atoms with Gasteiger partial charge in [0.05, 0.1) is 19.3 Å². The molecular formula is C14H19FN2O4. The normalized spacial score (nSPS) is 11.8. The Morgan fingerprint density at radius 2 is 2.19 bits per heavy atom. The van der Waals surface area contributed by atoms with Crippen molar-refractivity contribution in [3.05, 3.63) is 35.6 Å². The summed E-state index contributed by atoms with van der Waals surface area (Å²) in [5, 5.41) is 11.9. The summed E-state index contributed by atoms with van der Waals surface area (Å²) in [5.74, 6) is -1.42. The molecule has 0 aliphatic carbocycles. The molecule has 2 amide bonds. The van der Waals surface area contributed by atoms with Crippen LogP contribution in [0.15, 0.2) is 24.3 Å². The summed E-state index contributed by atoms with van der Waals surface area (Å²) in [6.45, 7) is -0.0126. The fraction of sp³-hybridized carbons (Fsp3) is 0.429. The van der Waals surface area contributed by atoms with Crippen LogP contribution in [0, 0.1) is 5.82 Å². The van der Waals surface area contributed by atoms with E-state index in [1.54, 1.807) is 0 Å². The number of methoxy groups -OCH3 is 1. The van der Waals surface area contributed by atoms with Gasteiger partial charge in [-0.2, -0.15) is 0 Å². The van der Waals surface area contributed by atoms with Crippen LogP contribution in [0.4, 0.5) is 4.39 Å². The quantitative estimate of drug-likeness (QED) is 0.744. The largest absolute Gasteiger partial charge is 0.389 e. The van der Waals surface area contributed by atoms with Crippen molar-refractivity contribution in [2.75, 3.05) is 33.9 Å². The zero-order valence-electron chi connectivity index (χ0n) is 12.0. The lowest BCUT2D eigenvalue weighted by atomic mass is 10.2. The summed E-state index contributed by atoms with van der Waals surface area (Å²) in [7, 11) is 2.96. The van der Waals surface area contributed by atoms with Crippen LogP contribution >= 0.6 is 0 Å². The number of likely N-dealkylation sites (N-methyl/N-ethyl adjacent to an activating group) is 1. The molecule has 0 saturated heterocycles. The third-order valence-electron chi connectivity index (χ3n) is 2.76. The molecule has 0 aromatic heterocycles. The van der Waals surface area contributed by atoms with Crippen molar-refractivity contribution < 1.29 is 23.8 Å². The molecule has 116 valence electrons. The van der Waals surface area contributed by atoms with Crippen LogP contribution in [0.3, 0.4) is 0 Å². The zero-order chi connectivity index (χ0) is 15.8. The summed E-state index contributed by atoms with van der Waals surface area (Å²) >= 11 is 0. The van der Waals surface area contributed by atoms with Crippen molar-refractivity contribution in [1.82, 2.24) is 10.2 Å². The first-order valence-corrected chi connectivity index (χ1v) is 6.38. The van der Waals surface area contributed by atoms with Gasteiger partial charge in [-0.1, -0.05) is 6.07 Å². The smallest absolute Gasteiger partial charge is 0.251 e. The Morgan fingerprint density at radius 3 is 2.81 bits per heavy atom. The molecule has 0 aliphatic heterocycles. The second-order valence-corrected chi connectivity index (χ2v) is 4.58. The average molecular weight is 298 g/mol. The van der Waals surface area contributed by atoms with E-state index in [1.165, 1.54) is 37.3 Å². The maximum atomic E-state index is 13.0. The van der Waals surface area contributed by atoms with E-state index >= 15 is 0 Å². The lowest BCUT2D eigenvalue weighted by Gasteiger charge is -2.20. The van der Waals surface area contributed by atoms with Crippen LogP contribution < -0.4 is 5.32 Å². The molecule has 0 saturated carbocycles. The minimum Gasteiger partial charge on any atom is -0.389 e. The first-order chi connectivity index (χ1) is 9.93. The highest BCUT2D eigenvalue weighted by atomic mass is 19.1. The van der Waals surface area contributed by atoms with Gasteiger partial charge in [0.25, 0.3) is 5.91 Å². The van der Waals surface area contributed by atoms with Crippen LogP contribution in [-0.2, 0) is 9.53 Å². The molecule has 2 N–H and O–H groups in total. The summed E-state index contributed by atoms with van der Waals surface area (Å²) in [6, 6.07) is 5.19. The molecule has 6 nitrogen and oxygen atoms in total. The first kappa shape index (κ1) is 17.1. The maximum absolute atomic E-state index is 13.0. The minimum absolute atomic E-state index is 0.0997. The number of hydrogen-bond donors (Lipinski definition) is 2. The van der Waals surface area contributed by atoms with E-state index in [2.05, 4.69) is 5.32 Å². The van der Waals surface area contributed by atoms with Crippen LogP contribution in [0.25, 0.3) is 0 Å². The summed E-state index contributed by atoms with van der Waals surface area (Å²) < 4.78 is 17.7. The molecule has 21 heavy (non-hydrogen) atoms. The number of rotatable bonds is 7. The van der Waals surface area contributed by atoms with Crippen molar-refractivity contribution in [1.29, 1.82) is 0 Å². The number of carbonyl (C=O) groups is 2. The van der Waals surface area contributed by atoms with Crippen LogP contribution in [0.5, 0.6) is 0 Å². The van der Waals surface area contributed by atoms with E-state index in [0.29, 0.717) is 0 Å². The Morgan fingerprint density at radius 1 is 1.48 bits per heavy atom. The number of ether oxygens (including phenoxy) is 1. The van der Waals surface area contributed by atoms with Gasteiger partial charge in [-0.15, -0.1) is 0 Å². The van der Waals surface area contributed by atoms with Crippen molar-refractivity contribution in [3.8, 4) is 0 Å². The van der Waals surface area contributed by atoms with E-state index in [-0.39, 0.29) is 31.2 Å². The highest BCUT2D eigenvalue weighted by Crippen LogP contribution is 2.03. The van der Waals surface area contributed by atoms with E-state index in [0.717, 1.165) is 6.07 Å². The van der Waals surface area contributed by atoms with Crippen LogP contribution in [-0.4, -0.2) is 61.8 Å². The molecule has 0 radical (unpaired) electrons. The summed E-state index contributed by atoms with van der Waals surface area (Å²) in [5.41, 5.74) is 0.143. The fourth-order valence-corrected chi connectivity index (χ4v) is 1.69. The lowest BCUT2D eigenvalue weighted by molar-refractivity contribution is -0.130. The van der Waals surface area contributed by atoms with Gasteiger partial charge >= 0.3 is 0 Å². The molecule has 0 heterocycles. The molecule has 1 unspecified atom stereocenters. The molecule has 0 fully saturated rings. The van der Waals surface area contributed by atoms with Gasteiger partial charge in [-0.05, 0) is 18.2 Å². The summed E-state index contributed by atoms with van der Waals surface area (Å²) in [6.07, 6.45) is -0.789. The first-order valence-electron chi connectivity index (χ1n) is 6.38. The number of carbonyl (C=O) groups excluding carboxylic acids is 2. The lowest BCUT2D eigenvalue weighted by Crippen LogP contribution is -2.42. The highest BCUT2D eigenvalue weighted by molar-refractivity contribution is 5.96. The monoisotopic (exact) mass is 298 g/mol. The molecule has 0 bridgehead atoms. The molecule has 1 aromatic carbocycles. The topological polar surface area (TPSA) is 78.9 Å². The summed E-state index contributed by atoms with van der Waals surface area (Å²) in [4.78, 5) is 24.8. The molecule has 1 aromatic rings. The second-order valence-electron chi connectivity index (χ2n) is 4.58. The van der Waals surface area contributed by atoms with Gasteiger partial charge in [0.15, 0.2) is 0 Å². The molecule has 1 rings (SSSR count). The minimum atomic E-state index is -0.789. The number of amides is 2. The molecule has 1 atom stereocenters. The van der Waals surface area contributed by atoms with Crippen molar-refractivity contribution in [2.24, 2.45) is 0 Å². The Labute approximate surface area is 122 Å². The fourth-order valence-electron chi connectivity index (χ4n) is 1.69. The highest BCUT2D eigenvalue weighted by Gasteiger charge is 2.15. The number of nitrogens with zero attached hydrogens (tertiary/aromatic N) is 1. The van der Waals surface area contributed by atoms with Crippen molar-refractivity contribution >= 4 is 11.8 Å². The Kier molecular flexibility index (Phi) is 6.77. The SMILES string of the molecule is COCC(O)CN(C)C(=O)CNC(=O)c1cccc(F)c1. The predicted molar refractivity (Wildman–Crippen MR) is 74.3 cm³/mol. The van der Waals surface area contributed by atoms with Crippen LogP contribution in [0.2, 0.25) is 0 Å². The van der Waals surface area contributed by atoms with Gasteiger partial charge in [0.2, 0.25) is 5.91 Å². The third kappa shape index (κ3) is 5.88. The van der Waals surface area contributed by atoms with Gasteiger partial charge in [-0.25, -0.2) is 4.39 Å². The standard InChI is InChI=1S/C14H19FN2O4/c1-17(8-12(18)9-21-2)13(19)7-16-14(20)10-4-3-5-11(15)6-10/h3-6,12,18H,7-9H2,1-2H3,(H,16,20). The predicted octanol–water partition coefficient (Wildman–Crippen LogP) is 0.0212. The number of aliphatic hydroxyl groups is 1. The van der Waals surface area contributed by atoms with E-state index in [1.807, 2.05) is 0 Å². The number of benzene rings is 1. The van der Waals surface area contributed by atoms with Crippen molar-refractivity contribution in [2.45, 2.75) is 6.10 Å². The maximum Gasteiger partial charge on any atom is 0.251 e. The Hall–Kier alpha value is -1.99. The number of aliphatic hydroxyl groups excluding tert-OH is 1. The molecule has 0 spiro atoms. The van der Waals surface area contributed by atoms with E-state index < -0.39 is 17.8 Å². The molecule has 7 heteroatoms. The Balaban J connectivity index is 2.43. The Bertz CT molecular complexity index is 496. The average Bonchev–Trinajstić information content (AvgIpc) is 2.44. The molecular weight excluding hydrogens is 279 g/mol. The number of halogens is 1. The van der Waals surface area contributed by atoms with Crippen LogP contribution in [0.1, 0.15) is 10.4 Å². The number of nitrogens with one attached hydrogen (secondary N) is 1. The zero-order valence-corrected chi connectivity index (χ0v) is 12.0. The van der Waals surface area contributed by atoms with E-state index in [4.69, 9.17) is 4.74 Å². The second kappa shape index (κ2) is 8.33. The van der Waals surface area contributed by atoms with Gasteiger partial charge in [-0.3, -0.25) is 9.59 Å². The molecule has 0 aliphatic rings. The van der Waals surface area contributed by atoms with E-state index in [9.17, 15) is 19.1 Å². The van der Waals surface area contributed by atoms with Gasteiger partial charge < -0.3 is 20.1 Å². The van der Waals surface area contributed by atoms with Gasteiger partial charge in [0, 0.05) is 26.3 Å². The van der Waals surface area contributed by atoms with Crippen molar-refractivity contribution in [3.63, 3.8) is 0 Å².